The van der Waals surface area contributed by atoms with Crippen molar-refractivity contribution in [3.63, 3.8) is 0 Å². The highest BCUT2D eigenvalue weighted by atomic mass is 32.2. The van der Waals surface area contributed by atoms with Crippen molar-refractivity contribution in [3.05, 3.63) is 77.7 Å². The average Bonchev–Trinajstić information content (AvgIpc) is 3.34. The average molecular weight is 420 g/mol. The standard InChI is InChI=1S/C22H21N5O2S/c1-27-19(12-11-18(23)28)25-26-22(27)30-21(14-7-3-2-4-8-14)20(29)16-13-24-17-10-6-5-9-15(16)17/h2-10,13,21,24H,11-12H2,1H3,(H2,23,28). The topological polar surface area (TPSA) is 107 Å². The number of carbonyl (C=O) groups is 2. The molecule has 1 amide bonds. The minimum atomic E-state index is -0.489. The maximum absolute atomic E-state index is 13.6. The number of aryl methyl sites for hydroxylation is 1. The number of hydrogen-bond donors (Lipinski definition) is 2. The number of Topliss-reactive ketones (excluding diaryl/α,β-unsaturated/α-hetero) is 1. The zero-order chi connectivity index (χ0) is 21.1. The Bertz CT molecular complexity index is 1200. The van der Waals surface area contributed by atoms with Crippen LogP contribution in [0.4, 0.5) is 0 Å². The summed E-state index contributed by atoms with van der Waals surface area (Å²) >= 11 is 1.35. The smallest absolute Gasteiger partial charge is 0.217 e. The van der Waals surface area contributed by atoms with Crippen molar-refractivity contribution >= 4 is 34.4 Å². The number of aromatic nitrogens is 4. The van der Waals surface area contributed by atoms with Crippen LogP contribution in [0.1, 0.15) is 33.4 Å². The largest absolute Gasteiger partial charge is 0.370 e. The van der Waals surface area contributed by atoms with Crippen molar-refractivity contribution < 1.29 is 9.59 Å². The van der Waals surface area contributed by atoms with Crippen LogP contribution in [0.2, 0.25) is 0 Å². The number of rotatable bonds is 8. The quantitative estimate of drug-likeness (QED) is 0.336. The Morgan fingerprint density at radius 1 is 1.10 bits per heavy atom. The molecular formula is C22H21N5O2S. The molecule has 30 heavy (non-hydrogen) atoms. The van der Waals surface area contributed by atoms with Crippen LogP contribution in [0, 0.1) is 0 Å². The molecule has 1 atom stereocenters. The Kier molecular flexibility index (Phi) is 5.67. The number of amides is 1. The van der Waals surface area contributed by atoms with Gasteiger partial charge in [-0.05, 0) is 11.6 Å². The summed E-state index contributed by atoms with van der Waals surface area (Å²) in [7, 11) is 1.83. The number of para-hydroxylation sites is 1. The van der Waals surface area contributed by atoms with E-state index in [2.05, 4.69) is 15.2 Å². The SMILES string of the molecule is Cn1c(CCC(N)=O)nnc1SC(C(=O)c1c[nH]c2ccccc12)c1ccccc1. The Morgan fingerprint density at radius 2 is 1.83 bits per heavy atom. The van der Waals surface area contributed by atoms with E-state index in [1.165, 1.54) is 11.8 Å². The van der Waals surface area contributed by atoms with E-state index >= 15 is 0 Å². The number of ketones is 1. The number of fused-ring (bicyclic) bond motifs is 1. The zero-order valence-corrected chi connectivity index (χ0v) is 17.2. The van der Waals surface area contributed by atoms with Gasteiger partial charge in [-0.15, -0.1) is 10.2 Å². The number of benzene rings is 2. The maximum Gasteiger partial charge on any atom is 0.217 e. The number of nitrogens with one attached hydrogen (secondary N) is 1. The summed E-state index contributed by atoms with van der Waals surface area (Å²) in [5.74, 6) is 0.261. The highest BCUT2D eigenvalue weighted by Gasteiger charge is 2.27. The number of H-pyrrole nitrogens is 1. The molecule has 0 saturated heterocycles. The van der Waals surface area contributed by atoms with Gasteiger partial charge in [0.1, 0.15) is 11.1 Å². The van der Waals surface area contributed by atoms with Gasteiger partial charge < -0.3 is 15.3 Å². The van der Waals surface area contributed by atoms with E-state index in [0.29, 0.717) is 23.0 Å². The molecule has 152 valence electrons. The van der Waals surface area contributed by atoms with Gasteiger partial charge in [0.25, 0.3) is 0 Å². The van der Waals surface area contributed by atoms with Crippen LogP contribution in [0.5, 0.6) is 0 Å². The maximum atomic E-state index is 13.6. The summed E-state index contributed by atoms with van der Waals surface area (Å²) in [6.45, 7) is 0. The Labute approximate surface area is 177 Å². The molecule has 2 aromatic carbocycles. The first-order valence-corrected chi connectivity index (χ1v) is 10.4. The molecule has 3 N–H and O–H groups in total. The highest BCUT2D eigenvalue weighted by molar-refractivity contribution is 8.00. The third-order valence-corrected chi connectivity index (χ3v) is 6.23. The zero-order valence-electron chi connectivity index (χ0n) is 16.4. The van der Waals surface area contributed by atoms with Crippen LogP contribution in [-0.4, -0.2) is 31.4 Å². The number of nitrogens with zero attached hydrogens (tertiary/aromatic N) is 3. The van der Waals surface area contributed by atoms with Crippen molar-refractivity contribution in [1.29, 1.82) is 0 Å². The molecule has 2 heterocycles. The second-order valence-electron chi connectivity index (χ2n) is 6.94. The molecule has 0 radical (unpaired) electrons. The highest BCUT2D eigenvalue weighted by Crippen LogP contribution is 2.38. The van der Waals surface area contributed by atoms with Gasteiger partial charge in [-0.2, -0.15) is 0 Å². The van der Waals surface area contributed by atoms with Gasteiger partial charge in [-0.25, -0.2) is 0 Å². The summed E-state index contributed by atoms with van der Waals surface area (Å²) in [5.41, 5.74) is 7.70. The van der Waals surface area contributed by atoms with Gasteiger partial charge in [0.05, 0.1) is 0 Å². The molecule has 7 nitrogen and oxygen atoms in total. The van der Waals surface area contributed by atoms with Crippen LogP contribution in [0.3, 0.4) is 0 Å². The lowest BCUT2D eigenvalue weighted by Gasteiger charge is -2.15. The normalized spacial score (nSPS) is 12.2. The first-order chi connectivity index (χ1) is 14.5. The van der Waals surface area contributed by atoms with Gasteiger partial charge in [-0.1, -0.05) is 60.3 Å². The first-order valence-electron chi connectivity index (χ1n) is 9.53. The van der Waals surface area contributed by atoms with Crippen molar-refractivity contribution in [3.8, 4) is 0 Å². The molecule has 1 unspecified atom stereocenters. The van der Waals surface area contributed by atoms with E-state index in [0.717, 1.165) is 16.5 Å². The number of nitrogens with two attached hydrogens (primary N) is 1. The van der Waals surface area contributed by atoms with Gasteiger partial charge in [-0.3, -0.25) is 9.59 Å². The monoisotopic (exact) mass is 419 g/mol. The summed E-state index contributed by atoms with van der Waals surface area (Å²) in [4.78, 5) is 27.9. The van der Waals surface area contributed by atoms with E-state index in [-0.39, 0.29) is 18.1 Å². The van der Waals surface area contributed by atoms with Gasteiger partial charge in [0.15, 0.2) is 10.9 Å². The lowest BCUT2D eigenvalue weighted by atomic mass is 10.0. The van der Waals surface area contributed by atoms with E-state index in [1.807, 2.05) is 66.2 Å². The lowest BCUT2D eigenvalue weighted by molar-refractivity contribution is -0.118. The third kappa shape index (κ3) is 3.99. The van der Waals surface area contributed by atoms with Crippen LogP contribution >= 0.6 is 11.8 Å². The fourth-order valence-corrected chi connectivity index (χ4v) is 4.41. The molecule has 0 bridgehead atoms. The van der Waals surface area contributed by atoms with E-state index in [9.17, 15) is 9.59 Å². The number of thioether (sulfide) groups is 1. The van der Waals surface area contributed by atoms with Gasteiger partial charge in [0.2, 0.25) is 5.91 Å². The second kappa shape index (κ2) is 8.54. The first kappa shape index (κ1) is 19.9. The molecule has 0 aliphatic heterocycles. The minimum Gasteiger partial charge on any atom is -0.370 e. The lowest BCUT2D eigenvalue weighted by Crippen LogP contribution is -2.13. The molecule has 8 heteroatoms. The molecule has 0 aliphatic rings. The van der Waals surface area contributed by atoms with Crippen LogP contribution in [0.15, 0.2) is 66.0 Å². The fraction of sp³-hybridized carbons (Fsp3) is 0.182. The van der Waals surface area contributed by atoms with Crippen LogP contribution in [0.25, 0.3) is 10.9 Å². The Morgan fingerprint density at radius 3 is 2.60 bits per heavy atom. The summed E-state index contributed by atoms with van der Waals surface area (Å²) in [6.07, 6.45) is 2.37. The molecule has 0 aliphatic carbocycles. The van der Waals surface area contributed by atoms with Gasteiger partial charge in [0, 0.05) is 42.6 Å². The number of aromatic amines is 1. The van der Waals surface area contributed by atoms with Crippen molar-refractivity contribution in [1.82, 2.24) is 19.7 Å². The number of primary amides is 1. The second-order valence-corrected chi connectivity index (χ2v) is 8.02. The predicted molar refractivity (Wildman–Crippen MR) is 116 cm³/mol. The molecule has 4 aromatic rings. The molecule has 0 saturated carbocycles. The van der Waals surface area contributed by atoms with Crippen LogP contribution < -0.4 is 5.73 Å². The van der Waals surface area contributed by atoms with Crippen molar-refractivity contribution in [2.45, 2.75) is 23.2 Å². The molecule has 4 rings (SSSR count). The Hall–Kier alpha value is -3.39. The molecular weight excluding hydrogens is 398 g/mol. The summed E-state index contributed by atoms with van der Waals surface area (Å²) in [5, 5.41) is 9.43. The molecule has 2 aromatic heterocycles. The number of carbonyl (C=O) groups excluding carboxylic acids is 2. The van der Waals surface area contributed by atoms with Crippen LogP contribution in [-0.2, 0) is 18.3 Å². The minimum absolute atomic E-state index is 0.00895. The predicted octanol–water partition coefficient (Wildman–Crippen LogP) is 3.43. The molecule has 0 fully saturated rings. The van der Waals surface area contributed by atoms with Crippen molar-refractivity contribution in [2.75, 3.05) is 0 Å². The summed E-state index contributed by atoms with van der Waals surface area (Å²) < 4.78 is 1.81. The van der Waals surface area contributed by atoms with E-state index in [1.54, 1.807) is 6.20 Å². The fourth-order valence-electron chi connectivity index (χ4n) is 3.32. The van der Waals surface area contributed by atoms with E-state index in [4.69, 9.17) is 5.73 Å². The van der Waals surface area contributed by atoms with Gasteiger partial charge >= 0.3 is 0 Å². The van der Waals surface area contributed by atoms with Crippen molar-refractivity contribution in [2.24, 2.45) is 12.8 Å². The third-order valence-electron chi connectivity index (χ3n) is 4.94. The number of hydrogen-bond acceptors (Lipinski definition) is 5. The Balaban J connectivity index is 1.68. The van der Waals surface area contributed by atoms with E-state index < -0.39 is 5.25 Å². The summed E-state index contributed by atoms with van der Waals surface area (Å²) in [6, 6.07) is 17.4. The molecule has 0 spiro atoms.